The molecule has 1 N–H and O–H groups in total. The van der Waals surface area contributed by atoms with E-state index in [1.165, 1.54) is 0 Å². The summed E-state index contributed by atoms with van der Waals surface area (Å²) < 4.78 is 37.9. The second kappa shape index (κ2) is 3.17. The van der Waals surface area contributed by atoms with E-state index in [1.54, 1.807) is 0 Å². The van der Waals surface area contributed by atoms with Gasteiger partial charge in [-0.3, -0.25) is 0 Å². The highest BCUT2D eigenvalue weighted by Crippen LogP contribution is 2.38. The number of alkyl halides is 3. The van der Waals surface area contributed by atoms with Gasteiger partial charge in [-0.1, -0.05) is 0 Å². The Morgan fingerprint density at radius 1 is 1.60 bits per heavy atom. The average molecular weight is 194 g/mol. The fourth-order valence-corrected chi connectivity index (χ4v) is 0.737. The molecule has 0 saturated heterocycles. The van der Waals surface area contributed by atoms with Crippen molar-refractivity contribution in [3.05, 3.63) is 0 Å². The second-order valence-corrected chi connectivity index (χ2v) is 5.59. The van der Waals surface area contributed by atoms with Gasteiger partial charge in [0.2, 0.25) is 0 Å². The molecule has 0 rings (SSSR count). The molecule has 10 heavy (non-hydrogen) atoms. The average Bonchev–Trinajstić information content (AvgIpc) is 1.57. The van der Waals surface area contributed by atoms with Gasteiger partial charge in [0.05, 0.1) is 0 Å². The third-order valence-electron chi connectivity index (χ3n) is 0.468. The molecule has 2 nitrogen and oxygen atoms in total. The van der Waals surface area contributed by atoms with Gasteiger partial charge in [0.1, 0.15) is 6.61 Å². The molecule has 0 aromatic rings. The summed E-state index contributed by atoms with van der Waals surface area (Å²) in [5.41, 5.74) is 0. The van der Waals surface area contributed by atoms with E-state index in [2.05, 4.69) is 16.3 Å². The molecule has 0 bridgehead atoms. The highest BCUT2D eigenvalue weighted by molar-refractivity contribution is 8.09. The summed E-state index contributed by atoms with van der Waals surface area (Å²) >= 11 is 4.20. The van der Waals surface area contributed by atoms with E-state index in [-0.39, 0.29) is 0 Å². The summed E-state index contributed by atoms with van der Waals surface area (Å²) in [7, 11) is 0. The summed E-state index contributed by atoms with van der Waals surface area (Å²) in [5.74, 6) is 0. The highest BCUT2D eigenvalue weighted by Gasteiger charge is 2.29. The van der Waals surface area contributed by atoms with Crippen molar-refractivity contribution in [1.29, 1.82) is 0 Å². The Bertz CT molecular complexity index is 150. The smallest absolute Gasteiger partial charge is 0.345 e. The number of hydrogen-bond acceptors (Lipinski definition) is 2. The van der Waals surface area contributed by atoms with Gasteiger partial charge in [-0.2, -0.15) is 13.2 Å². The molecule has 1 unspecified atom stereocenters. The van der Waals surface area contributed by atoms with Crippen molar-refractivity contribution in [3.8, 4) is 0 Å². The fraction of sp³-hybridized carbons (Fsp3) is 1.00. The van der Waals surface area contributed by atoms with Crippen LogP contribution >= 0.6 is 6.49 Å². The Hall–Kier alpha value is 0.360. The third-order valence-corrected chi connectivity index (χ3v) is 1.39. The zero-order valence-corrected chi connectivity index (χ0v) is 6.76. The molecule has 0 aliphatic rings. The minimum absolute atomic E-state index is 1.06. The van der Waals surface area contributed by atoms with Crippen LogP contribution in [0.5, 0.6) is 0 Å². The van der Waals surface area contributed by atoms with Crippen molar-refractivity contribution >= 4 is 18.3 Å². The van der Waals surface area contributed by atoms with Crippen molar-refractivity contribution in [2.75, 3.05) is 13.3 Å². The molecule has 0 fully saturated rings. The summed E-state index contributed by atoms with van der Waals surface area (Å²) in [4.78, 5) is 8.58. The van der Waals surface area contributed by atoms with E-state index in [0.29, 0.717) is 0 Å². The van der Waals surface area contributed by atoms with E-state index < -0.39 is 19.3 Å². The predicted molar refractivity (Wildman–Crippen MR) is 34.4 cm³/mol. The first-order valence-corrected chi connectivity index (χ1v) is 5.34. The van der Waals surface area contributed by atoms with Crippen LogP contribution < -0.4 is 0 Å². The van der Waals surface area contributed by atoms with Crippen LogP contribution in [0, 0.1) is 0 Å². The quantitative estimate of drug-likeness (QED) is 0.675. The maximum atomic E-state index is 11.3. The number of halogens is 3. The zero-order valence-electron chi connectivity index (χ0n) is 5.05. The topological polar surface area (TPSA) is 29.5 Å². The molecule has 0 saturated carbocycles. The van der Waals surface area contributed by atoms with Gasteiger partial charge >= 0.3 is 6.18 Å². The first-order valence-electron chi connectivity index (χ1n) is 2.22. The molecule has 0 aromatic carbocycles. The van der Waals surface area contributed by atoms with Gasteiger partial charge in [-0.05, 0) is 11.8 Å². The molecule has 0 radical (unpaired) electrons. The standard InChI is InChI=1S/C3H6F3O2PS/c1-9(7,10)8-2-3(4,5)6/h2H2,1H3,(H,7,10). The highest BCUT2D eigenvalue weighted by atomic mass is 32.5. The molecule has 7 heteroatoms. The Morgan fingerprint density at radius 3 is 2.10 bits per heavy atom. The molecular weight excluding hydrogens is 188 g/mol. The molecule has 0 spiro atoms. The van der Waals surface area contributed by atoms with Crippen LogP contribution in [0.25, 0.3) is 0 Å². The van der Waals surface area contributed by atoms with Gasteiger partial charge in [0.15, 0.2) is 6.49 Å². The number of hydrogen-bond donors (Lipinski definition) is 1. The second-order valence-electron chi connectivity index (χ2n) is 1.69. The normalized spacial score (nSPS) is 18.5. The largest absolute Gasteiger partial charge is 0.412 e. The lowest BCUT2D eigenvalue weighted by atomic mass is 10.7. The van der Waals surface area contributed by atoms with Crippen LogP contribution in [-0.4, -0.2) is 24.3 Å². The van der Waals surface area contributed by atoms with E-state index in [4.69, 9.17) is 4.89 Å². The van der Waals surface area contributed by atoms with Crippen molar-refractivity contribution in [1.82, 2.24) is 0 Å². The van der Waals surface area contributed by atoms with Crippen LogP contribution in [0.4, 0.5) is 13.2 Å². The van der Waals surface area contributed by atoms with Crippen LogP contribution in [0.2, 0.25) is 0 Å². The van der Waals surface area contributed by atoms with Crippen LogP contribution in [0.1, 0.15) is 0 Å². The molecule has 0 aromatic heterocycles. The van der Waals surface area contributed by atoms with E-state index >= 15 is 0 Å². The third kappa shape index (κ3) is 8.36. The Morgan fingerprint density at radius 2 is 2.00 bits per heavy atom. The molecule has 0 aliphatic carbocycles. The Kier molecular flexibility index (Phi) is 3.29. The van der Waals surface area contributed by atoms with E-state index in [0.717, 1.165) is 6.66 Å². The monoisotopic (exact) mass is 194 g/mol. The lowest BCUT2D eigenvalue weighted by Gasteiger charge is -2.11. The summed E-state index contributed by atoms with van der Waals surface area (Å²) in [6, 6.07) is 0. The minimum Gasteiger partial charge on any atom is -0.345 e. The molecule has 62 valence electrons. The summed E-state index contributed by atoms with van der Waals surface area (Å²) in [6.07, 6.45) is -4.41. The maximum absolute atomic E-state index is 11.3. The minimum atomic E-state index is -4.41. The van der Waals surface area contributed by atoms with Crippen molar-refractivity contribution in [3.63, 3.8) is 0 Å². The van der Waals surface area contributed by atoms with Crippen LogP contribution in [-0.2, 0) is 16.3 Å². The molecule has 0 aliphatic heterocycles. The zero-order chi connectivity index (χ0) is 8.41. The van der Waals surface area contributed by atoms with E-state index in [9.17, 15) is 13.2 Å². The van der Waals surface area contributed by atoms with Gasteiger partial charge in [0.25, 0.3) is 0 Å². The summed E-state index contributed by atoms with van der Waals surface area (Å²) in [5, 5.41) is 0. The SMILES string of the molecule is CP(O)(=S)OCC(F)(F)F. The van der Waals surface area contributed by atoms with Crippen molar-refractivity contribution in [2.45, 2.75) is 6.18 Å². The van der Waals surface area contributed by atoms with Crippen LogP contribution in [0.3, 0.4) is 0 Å². The first-order chi connectivity index (χ1) is 4.21. The fourth-order valence-electron chi connectivity index (χ4n) is 0.193. The Balaban J connectivity index is 3.67. The molecule has 0 amide bonds. The lowest BCUT2D eigenvalue weighted by Crippen LogP contribution is -2.15. The lowest BCUT2D eigenvalue weighted by molar-refractivity contribution is -0.153. The van der Waals surface area contributed by atoms with Gasteiger partial charge in [-0.15, -0.1) is 0 Å². The van der Waals surface area contributed by atoms with Crippen molar-refractivity contribution < 1.29 is 22.6 Å². The number of rotatable bonds is 2. The molecule has 0 heterocycles. The van der Waals surface area contributed by atoms with E-state index in [1.807, 2.05) is 0 Å². The van der Waals surface area contributed by atoms with Crippen molar-refractivity contribution in [2.24, 2.45) is 0 Å². The van der Waals surface area contributed by atoms with Gasteiger partial charge in [0, 0.05) is 6.66 Å². The molecular formula is C3H6F3O2PS. The maximum Gasteiger partial charge on any atom is 0.412 e. The van der Waals surface area contributed by atoms with Gasteiger partial charge < -0.3 is 9.42 Å². The van der Waals surface area contributed by atoms with Crippen LogP contribution in [0.15, 0.2) is 0 Å². The first kappa shape index (κ1) is 10.4. The Labute approximate surface area is 61.2 Å². The predicted octanol–water partition coefficient (Wildman–Crippen LogP) is 1.50. The van der Waals surface area contributed by atoms with Gasteiger partial charge in [-0.25, -0.2) is 0 Å². The molecule has 1 atom stereocenters. The summed E-state index contributed by atoms with van der Waals surface area (Å²) in [6.45, 7) is -3.56.